The molecule has 0 spiro atoms. The maximum absolute atomic E-state index is 11.5. The number of benzene rings is 1. The second-order valence-corrected chi connectivity index (χ2v) is 5.46. The van der Waals surface area contributed by atoms with Gasteiger partial charge in [0.25, 0.3) is 0 Å². The third-order valence-electron chi connectivity index (χ3n) is 3.77. The van der Waals surface area contributed by atoms with E-state index in [4.69, 9.17) is 11.5 Å². The third-order valence-corrected chi connectivity index (χ3v) is 3.77. The van der Waals surface area contributed by atoms with Gasteiger partial charge in [-0.15, -0.1) is 0 Å². The summed E-state index contributed by atoms with van der Waals surface area (Å²) >= 11 is 0. The second-order valence-electron chi connectivity index (χ2n) is 5.46. The molecule has 120 valence electrons. The maximum Gasteiger partial charge on any atom is 0.234 e. The summed E-state index contributed by atoms with van der Waals surface area (Å²) in [6, 6.07) is 9.30. The van der Waals surface area contributed by atoms with Crippen LogP contribution in [-0.2, 0) is 11.3 Å². The fourth-order valence-electron chi connectivity index (χ4n) is 2.73. The number of nitrogens with two attached hydrogens (primary N) is 2. The van der Waals surface area contributed by atoms with Gasteiger partial charge in [0.15, 0.2) is 0 Å². The number of aromatic nitrogens is 3. The van der Waals surface area contributed by atoms with Crippen LogP contribution in [0.15, 0.2) is 30.3 Å². The van der Waals surface area contributed by atoms with Gasteiger partial charge in [-0.1, -0.05) is 18.2 Å². The van der Waals surface area contributed by atoms with Crippen molar-refractivity contribution in [3.05, 3.63) is 36.2 Å². The van der Waals surface area contributed by atoms with E-state index < -0.39 is 0 Å². The summed E-state index contributed by atoms with van der Waals surface area (Å²) in [5.74, 6) is 0.730. The van der Waals surface area contributed by atoms with Gasteiger partial charge in [-0.25, -0.2) is 0 Å². The zero-order valence-corrected chi connectivity index (χ0v) is 12.6. The molecule has 1 aliphatic heterocycles. The normalized spacial score (nSPS) is 18.0. The molecular formula is C15H19N7O. The molecule has 1 atom stereocenters. The Hall–Kier alpha value is -2.74. The molecule has 2 heterocycles. The molecule has 8 nitrogen and oxygen atoms in total. The molecule has 1 fully saturated rings. The first-order valence-corrected chi connectivity index (χ1v) is 7.47. The summed E-state index contributed by atoms with van der Waals surface area (Å²) < 4.78 is 0. The van der Waals surface area contributed by atoms with E-state index in [1.54, 1.807) is 0 Å². The van der Waals surface area contributed by atoms with E-state index >= 15 is 0 Å². The summed E-state index contributed by atoms with van der Waals surface area (Å²) in [4.78, 5) is 26.1. The standard InChI is InChI=1S/C15H19N7O/c16-13(23)11-7-4-8-22(11)9-12-19-14(17)21-15(20-12)18-10-5-2-1-3-6-10/h1-3,5-6,11H,4,7-9H2,(H2,16,23)(H3,17,18,19,20,21)/t11-/m1/s1. The van der Waals surface area contributed by atoms with Gasteiger partial charge < -0.3 is 16.8 Å². The van der Waals surface area contributed by atoms with Crippen molar-refractivity contribution < 1.29 is 4.79 Å². The van der Waals surface area contributed by atoms with Crippen LogP contribution in [0.25, 0.3) is 0 Å². The van der Waals surface area contributed by atoms with Crippen molar-refractivity contribution in [2.45, 2.75) is 25.4 Å². The van der Waals surface area contributed by atoms with Crippen LogP contribution < -0.4 is 16.8 Å². The number of amides is 1. The van der Waals surface area contributed by atoms with E-state index in [0.29, 0.717) is 18.3 Å². The Balaban J connectivity index is 1.76. The molecule has 0 saturated carbocycles. The Morgan fingerprint density at radius 3 is 2.78 bits per heavy atom. The summed E-state index contributed by atoms with van der Waals surface area (Å²) in [5.41, 5.74) is 12.1. The lowest BCUT2D eigenvalue weighted by atomic mass is 10.2. The number of carbonyl (C=O) groups is 1. The summed E-state index contributed by atoms with van der Waals surface area (Å²) in [7, 11) is 0. The molecule has 1 saturated heterocycles. The smallest absolute Gasteiger partial charge is 0.234 e. The zero-order valence-electron chi connectivity index (χ0n) is 12.6. The molecule has 1 aliphatic rings. The molecule has 0 bridgehead atoms. The van der Waals surface area contributed by atoms with E-state index in [1.165, 1.54) is 0 Å². The maximum atomic E-state index is 11.5. The molecule has 5 N–H and O–H groups in total. The topological polar surface area (TPSA) is 123 Å². The molecule has 3 rings (SSSR count). The van der Waals surface area contributed by atoms with Crippen molar-refractivity contribution >= 4 is 23.5 Å². The fourth-order valence-corrected chi connectivity index (χ4v) is 2.73. The van der Waals surface area contributed by atoms with Gasteiger partial charge in [-0.05, 0) is 31.5 Å². The number of hydrogen-bond acceptors (Lipinski definition) is 7. The van der Waals surface area contributed by atoms with Crippen LogP contribution in [0.5, 0.6) is 0 Å². The Kier molecular flexibility index (Phi) is 4.33. The molecule has 8 heteroatoms. The number of primary amides is 1. The lowest BCUT2D eigenvalue weighted by molar-refractivity contribution is -0.122. The predicted molar refractivity (Wildman–Crippen MR) is 86.6 cm³/mol. The van der Waals surface area contributed by atoms with Crippen LogP contribution in [0, 0.1) is 0 Å². The van der Waals surface area contributed by atoms with Gasteiger partial charge >= 0.3 is 0 Å². The summed E-state index contributed by atoms with van der Waals surface area (Å²) in [5, 5.41) is 3.09. The SMILES string of the molecule is NC(=O)[C@H]1CCCN1Cc1nc(N)nc(Nc2ccccc2)n1. The molecule has 0 aliphatic carbocycles. The number of nitrogens with zero attached hydrogens (tertiary/aromatic N) is 4. The first-order chi connectivity index (χ1) is 11.1. The second kappa shape index (κ2) is 6.57. The van der Waals surface area contributed by atoms with Crippen molar-refractivity contribution in [1.29, 1.82) is 0 Å². The van der Waals surface area contributed by atoms with Gasteiger partial charge in [0.05, 0.1) is 12.6 Å². The van der Waals surface area contributed by atoms with Crippen LogP contribution in [0.1, 0.15) is 18.7 Å². The van der Waals surface area contributed by atoms with Crippen LogP contribution in [-0.4, -0.2) is 38.3 Å². The minimum atomic E-state index is -0.313. The van der Waals surface area contributed by atoms with E-state index in [0.717, 1.165) is 25.1 Å². The zero-order chi connectivity index (χ0) is 16.2. The van der Waals surface area contributed by atoms with Gasteiger partial charge in [0, 0.05) is 5.69 Å². The Labute approximate surface area is 133 Å². The molecule has 1 aromatic heterocycles. The van der Waals surface area contributed by atoms with Crippen molar-refractivity contribution in [3.63, 3.8) is 0 Å². The van der Waals surface area contributed by atoms with Gasteiger partial charge in [-0.2, -0.15) is 15.0 Å². The molecular weight excluding hydrogens is 294 g/mol. The lowest BCUT2D eigenvalue weighted by Gasteiger charge is -2.20. The number of para-hydroxylation sites is 1. The predicted octanol–water partition coefficient (Wildman–Crippen LogP) is 0.647. The van der Waals surface area contributed by atoms with E-state index in [2.05, 4.69) is 20.3 Å². The third kappa shape index (κ3) is 3.72. The average molecular weight is 313 g/mol. The highest BCUT2D eigenvalue weighted by molar-refractivity contribution is 5.80. The van der Waals surface area contributed by atoms with E-state index in [1.807, 2.05) is 35.2 Å². The van der Waals surface area contributed by atoms with Crippen molar-refractivity contribution in [2.75, 3.05) is 17.6 Å². The first kappa shape index (κ1) is 15.2. The van der Waals surface area contributed by atoms with Gasteiger partial charge in [-0.3, -0.25) is 9.69 Å². The summed E-state index contributed by atoms with van der Waals surface area (Å²) in [6.45, 7) is 1.21. The highest BCUT2D eigenvalue weighted by Gasteiger charge is 2.29. The van der Waals surface area contributed by atoms with Gasteiger partial charge in [0.2, 0.25) is 17.8 Å². The lowest BCUT2D eigenvalue weighted by Crippen LogP contribution is -2.40. The van der Waals surface area contributed by atoms with Gasteiger partial charge in [0.1, 0.15) is 5.82 Å². The van der Waals surface area contributed by atoms with Crippen LogP contribution in [0.2, 0.25) is 0 Å². The van der Waals surface area contributed by atoms with Crippen molar-refractivity contribution in [2.24, 2.45) is 5.73 Å². The van der Waals surface area contributed by atoms with E-state index in [-0.39, 0.29) is 17.9 Å². The number of carbonyl (C=O) groups excluding carboxylic acids is 1. The fraction of sp³-hybridized carbons (Fsp3) is 0.333. The monoisotopic (exact) mass is 313 g/mol. The van der Waals surface area contributed by atoms with Crippen LogP contribution in [0.3, 0.4) is 0 Å². The van der Waals surface area contributed by atoms with Crippen LogP contribution in [0.4, 0.5) is 17.6 Å². The number of nitrogens with one attached hydrogen (secondary N) is 1. The minimum absolute atomic E-state index is 0.142. The quantitative estimate of drug-likeness (QED) is 0.740. The number of likely N-dealkylation sites (tertiary alicyclic amines) is 1. The molecule has 0 unspecified atom stereocenters. The Bertz CT molecular complexity index is 691. The number of hydrogen-bond donors (Lipinski definition) is 3. The number of rotatable bonds is 5. The van der Waals surface area contributed by atoms with Crippen LogP contribution >= 0.6 is 0 Å². The highest BCUT2D eigenvalue weighted by atomic mass is 16.1. The molecule has 1 aromatic carbocycles. The minimum Gasteiger partial charge on any atom is -0.368 e. The number of nitrogen functional groups attached to an aromatic ring is 1. The summed E-state index contributed by atoms with van der Waals surface area (Å²) in [6.07, 6.45) is 1.70. The van der Waals surface area contributed by atoms with Crippen molar-refractivity contribution in [1.82, 2.24) is 19.9 Å². The van der Waals surface area contributed by atoms with Crippen molar-refractivity contribution in [3.8, 4) is 0 Å². The molecule has 0 radical (unpaired) electrons. The Morgan fingerprint density at radius 1 is 1.26 bits per heavy atom. The largest absolute Gasteiger partial charge is 0.368 e. The highest BCUT2D eigenvalue weighted by Crippen LogP contribution is 2.19. The molecule has 23 heavy (non-hydrogen) atoms. The van der Waals surface area contributed by atoms with E-state index in [9.17, 15) is 4.79 Å². The number of anilines is 3. The molecule has 1 amide bonds. The average Bonchev–Trinajstić information content (AvgIpc) is 2.96. The molecule has 2 aromatic rings. The Morgan fingerprint density at radius 2 is 2.04 bits per heavy atom. The first-order valence-electron chi connectivity index (χ1n) is 7.47.